The molecule has 6 aromatic rings. The van der Waals surface area contributed by atoms with E-state index < -0.39 is 24.0 Å². The fourth-order valence-corrected chi connectivity index (χ4v) is 10.9. The molecule has 2 aromatic heterocycles. The van der Waals surface area contributed by atoms with Gasteiger partial charge in [-0.2, -0.15) is 0 Å². The quantitative estimate of drug-likeness (QED) is 0.0168. The summed E-state index contributed by atoms with van der Waals surface area (Å²) in [6.45, 7) is 7.77. The Balaban J connectivity index is 0.00000353. The molecule has 87 heavy (non-hydrogen) atoms. The Morgan fingerprint density at radius 1 is 0.529 bits per heavy atom. The van der Waals surface area contributed by atoms with Crippen LogP contribution >= 0.6 is 46.4 Å². The Morgan fingerprint density at radius 2 is 0.862 bits per heavy atom. The predicted molar refractivity (Wildman–Crippen MR) is 333 cm³/mol. The number of rotatable bonds is 33. The number of amides is 2. The van der Waals surface area contributed by atoms with Gasteiger partial charge in [-0.05, 0) is 82.9 Å². The Kier molecular flexibility index (Phi) is 28.5. The summed E-state index contributed by atoms with van der Waals surface area (Å²) in [5.41, 5.74) is 10.7. The molecule has 7 N–H and O–H groups in total. The number of aliphatic hydroxyl groups is 2. The highest BCUT2D eigenvalue weighted by atomic mass is 35.5. The molecule has 0 saturated heterocycles. The molecule has 2 aliphatic heterocycles. The molecule has 0 unspecified atom stereocenters. The van der Waals surface area contributed by atoms with Gasteiger partial charge < -0.3 is 74.8 Å². The van der Waals surface area contributed by atoms with Crippen molar-refractivity contribution in [2.75, 3.05) is 143 Å². The molecule has 0 bridgehead atoms. The molecule has 0 spiro atoms. The number of halogens is 4. The van der Waals surface area contributed by atoms with Crippen molar-refractivity contribution in [3.63, 3.8) is 0 Å². The van der Waals surface area contributed by atoms with Crippen LogP contribution in [0.5, 0.6) is 0 Å². The summed E-state index contributed by atoms with van der Waals surface area (Å²) in [5.74, 6) is -0.592. The standard InChI is InChI=1S/C60H72Cl4N10O10.CH2O2/c1-73-35-49(47-27-45(61)29-53(63)51(47)37-73)41-7-3-5-39(25-41)43-31-69-59(70-32-43)67-11-15-81-19-23-83-21-17-79-13-9-65-57(77)55(75)56(76)58(78)66-10-14-80-18-22-84-24-20-82-16-12-68-60-71-33-44(34-72-60)40-6-4-8-42(26-40)50-36-74(2)38-52-48(50)28-46(62)30-54(52)64;2-1-3/h3-8,25-34,49-50,55-56,75-76H,9-24,35-38H2,1-2H3,(H,65,77)(H,66,78)(H,67,69,70)(H,68,71,72);1H,(H,2,3)/t49-,50-,55+,56+;/m0./s1. The van der Waals surface area contributed by atoms with E-state index in [-0.39, 0.29) is 57.8 Å². The molecule has 22 nitrogen and oxygen atoms in total. The number of ether oxygens (including phenoxy) is 6. The molecule has 468 valence electrons. The summed E-state index contributed by atoms with van der Waals surface area (Å²) in [5, 5.41) is 41.1. The van der Waals surface area contributed by atoms with Crippen molar-refractivity contribution in [3.05, 3.63) is 151 Å². The molecule has 0 radical (unpaired) electrons. The van der Waals surface area contributed by atoms with Crippen LogP contribution in [0.15, 0.2) is 97.6 Å². The minimum absolute atomic E-state index is 0.0473. The van der Waals surface area contributed by atoms with E-state index >= 15 is 0 Å². The second kappa shape index (κ2) is 36.3. The summed E-state index contributed by atoms with van der Waals surface area (Å²) >= 11 is 26.0. The van der Waals surface area contributed by atoms with Crippen molar-refractivity contribution >= 4 is 76.6 Å². The highest BCUT2D eigenvalue weighted by Gasteiger charge is 2.31. The molecule has 4 heterocycles. The van der Waals surface area contributed by atoms with Crippen LogP contribution in [0.4, 0.5) is 11.9 Å². The summed E-state index contributed by atoms with van der Waals surface area (Å²) in [6.07, 6.45) is 3.25. The molecule has 8 rings (SSSR count). The van der Waals surface area contributed by atoms with E-state index in [0.29, 0.717) is 97.9 Å². The average Bonchev–Trinajstić information content (AvgIpc) is 1.18. The van der Waals surface area contributed by atoms with Crippen molar-refractivity contribution < 1.29 is 58.1 Å². The number of hydrogen-bond acceptors (Lipinski definition) is 19. The number of carbonyl (C=O) groups is 3. The zero-order chi connectivity index (χ0) is 61.9. The van der Waals surface area contributed by atoms with Gasteiger partial charge in [0.1, 0.15) is 0 Å². The fourth-order valence-electron chi connectivity index (χ4n) is 9.81. The van der Waals surface area contributed by atoms with Crippen LogP contribution < -0.4 is 21.3 Å². The number of aliphatic hydroxyl groups excluding tert-OH is 2. The van der Waals surface area contributed by atoms with Crippen LogP contribution in [0.25, 0.3) is 22.3 Å². The minimum atomic E-state index is -1.97. The van der Waals surface area contributed by atoms with E-state index in [4.69, 9.17) is 84.7 Å². The van der Waals surface area contributed by atoms with Crippen molar-refractivity contribution in [1.82, 2.24) is 40.4 Å². The fraction of sp³-hybridized carbons (Fsp3) is 0.426. The number of aromatic nitrogens is 4. The van der Waals surface area contributed by atoms with Crippen LogP contribution in [0, 0.1) is 0 Å². The Bertz CT molecular complexity index is 2920. The lowest BCUT2D eigenvalue weighted by molar-refractivity contribution is -0.146. The number of nitrogens with one attached hydrogen (secondary N) is 4. The van der Waals surface area contributed by atoms with Gasteiger partial charge in [0.2, 0.25) is 11.9 Å². The van der Waals surface area contributed by atoms with Crippen molar-refractivity contribution in [2.24, 2.45) is 0 Å². The van der Waals surface area contributed by atoms with Crippen LogP contribution in [0.3, 0.4) is 0 Å². The van der Waals surface area contributed by atoms with Gasteiger partial charge in [0.25, 0.3) is 18.3 Å². The third-order valence-corrected chi connectivity index (χ3v) is 15.1. The highest BCUT2D eigenvalue weighted by molar-refractivity contribution is 6.35. The smallest absolute Gasteiger partial charge is 0.290 e. The Labute approximate surface area is 526 Å². The van der Waals surface area contributed by atoms with E-state index in [2.05, 4.69) is 89.4 Å². The summed E-state index contributed by atoms with van der Waals surface area (Å²) in [6, 6.07) is 24.5. The maximum absolute atomic E-state index is 12.3. The third kappa shape index (κ3) is 21.5. The highest BCUT2D eigenvalue weighted by Crippen LogP contribution is 2.41. The normalized spacial score (nSPS) is 15.5. The number of hydrogen-bond donors (Lipinski definition) is 7. The summed E-state index contributed by atoms with van der Waals surface area (Å²) in [4.78, 5) is 55.6. The van der Waals surface area contributed by atoms with Gasteiger partial charge in [-0.15, -0.1) is 0 Å². The van der Waals surface area contributed by atoms with E-state index in [1.165, 1.54) is 11.1 Å². The van der Waals surface area contributed by atoms with Crippen LogP contribution in [-0.2, 0) is 55.9 Å². The maximum Gasteiger partial charge on any atom is 0.290 e. The first kappa shape index (κ1) is 68.3. The molecular weight excluding hydrogens is 1210 g/mol. The van der Waals surface area contributed by atoms with Gasteiger partial charge >= 0.3 is 0 Å². The second-order valence-corrected chi connectivity index (χ2v) is 22.0. The lowest BCUT2D eigenvalue weighted by atomic mass is 9.84. The van der Waals surface area contributed by atoms with Gasteiger partial charge in [0, 0.05) is 120 Å². The largest absolute Gasteiger partial charge is 0.483 e. The van der Waals surface area contributed by atoms with E-state index in [1.807, 2.05) is 36.4 Å². The first-order valence-corrected chi connectivity index (χ1v) is 29.8. The van der Waals surface area contributed by atoms with Gasteiger partial charge in [-0.1, -0.05) is 94.9 Å². The maximum atomic E-state index is 12.3. The molecule has 4 atom stereocenters. The van der Waals surface area contributed by atoms with Gasteiger partial charge in [0.15, 0.2) is 12.2 Å². The first-order chi connectivity index (χ1) is 42.2. The number of benzene rings is 4. The monoisotopic (exact) mass is 1280 g/mol. The summed E-state index contributed by atoms with van der Waals surface area (Å²) in [7, 11) is 4.19. The SMILES string of the molecule is CN1Cc2c(Cl)cc(Cl)cc2[C@H](c2cccc(-c3cnc(NCCOCCOCCOCCNC(=O)[C@H](O)[C@@H](O)C(=O)NCCOCCOCCOCCNc4ncc(-c5cccc([C@@H]6CN(C)Cc7c(Cl)cc(Cl)cc76)c5)cn4)nc3)c2)C1.O=CO. The number of likely N-dealkylation sites (N-methyl/N-ethyl adjacent to an activating group) is 2. The van der Waals surface area contributed by atoms with Crippen LogP contribution in [0.2, 0.25) is 20.1 Å². The number of nitrogens with zero attached hydrogens (tertiary/aromatic N) is 6. The zero-order valence-electron chi connectivity index (χ0n) is 48.5. The Hall–Kier alpha value is -6.19. The first-order valence-electron chi connectivity index (χ1n) is 28.3. The van der Waals surface area contributed by atoms with Gasteiger partial charge in [0.05, 0.1) is 79.3 Å². The lowest BCUT2D eigenvalue weighted by Crippen LogP contribution is -2.50. The molecule has 4 aromatic carbocycles. The number of carboxylic acid groups (broad SMARTS) is 1. The molecule has 0 saturated carbocycles. The zero-order valence-corrected chi connectivity index (χ0v) is 51.5. The molecule has 2 amide bonds. The molecule has 0 aliphatic carbocycles. The second-order valence-electron chi connectivity index (χ2n) is 20.4. The van der Waals surface area contributed by atoms with Crippen LogP contribution in [-0.4, -0.2) is 208 Å². The van der Waals surface area contributed by atoms with Gasteiger partial charge in [-0.25, -0.2) is 19.9 Å². The van der Waals surface area contributed by atoms with Crippen molar-refractivity contribution in [2.45, 2.75) is 37.1 Å². The topological polar surface area (TPSA) is 273 Å². The predicted octanol–water partition coefficient (Wildman–Crippen LogP) is 6.65. The molecule has 2 aliphatic rings. The third-order valence-electron chi connectivity index (χ3n) is 14.0. The van der Waals surface area contributed by atoms with E-state index in [0.717, 1.165) is 70.7 Å². The van der Waals surface area contributed by atoms with E-state index in [1.54, 1.807) is 36.9 Å². The average molecular weight is 1280 g/mol. The number of fused-ring (bicyclic) bond motifs is 2. The minimum Gasteiger partial charge on any atom is -0.483 e. The number of anilines is 2. The van der Waals surface area contributed by atoms with E-state index in [9.17, 15) is 19.8 Å². The summed E-state index contributed by atoms with van der Waals surface area (Å²) < 4.78 is 33.3. The Morgan fingerprint density at radius 3 is 1.22 bits per heavy atom. The molecule has 26 heteroatoms. The van der Waals surface area contributed by atoms with Crippen LogP contribution in [0.1, 0.15) is 45.2 Å². The number of carbonyl (C=O) groups excluding carboxylic acids is 2. The van der Waals surface area contributed by atoms with Gasteiger partial charge in [-0.3, -0.25) is 14.4 Å². The molecule has 0 fully saturated rings. The van der Waals surface area contributed by atoms with Crippen molar-refractivity contribution in [3.8, 4) is 22.3 Å². The molecular formula is C61H74Cl4N10O12. The van der Waals surface area contributed by atoms with Crippen molar-refractivity contribution in [1.29, 1.82) is 0 Å². The lowest BCUT2D eigenvalue weighted by Gasteiger charge is -2.33.